The van der Waals surface area contributed by atoms with Crippen LogP contribution in [-0.2, 0) is 11.5 Å². The van der Waals surface area contributed by atoms with Gasteiger partial charge in [0, 0.05) is 5.92 Å². The Labute approximate surface area is 73.0 Å². The lowest BCUT2D eigenvalue weighted by Gasteiger charge is -2.22. The summed E-state index contributed by atoms with van der Waals surface area (Å²) in [5, 5.41) is 10.8. The Hall–Kier alpha value is -0.820. The van der Waals surface area contributed by atoms with Crippen molar-refractivity contribution >= 4 is 0 Å². The van der Waals surface area contributed by atoms with Gasteiger partial charge in [0.1, 0.15) is 0 Å². The summed E-state index contributed by atoms with van der Waals surface area (Å²) in [7, 11) is 0. The first-order valence-corrected chi connectivity index (χ1v) is 4.57. The van der Waals surface area contributed by atoms with Crippen molar-refractivity contribution in [3.05, 3.63) is 35.4 Å². The average molecular weight is 161 g/mol. The van der Waals surface area contributed by atoms with Gasteiger partial charge in [-0.1, -0.05) is 24.3 Å². The van der Waals surface area contributed by atoms with E-state index in [-0.39, 0.29) is 12.5 Å². The van der Waals surface area contributed by atoms with Gasteiger partial charge in [-0.05, 0) is 30.4 Å². The monoisotopic (exact) mass is 161 g/mol. The summed E-state index contributed by atoms with van der Waals surface area (Å²) >= 11 is 0. The van der Waals surface area contributed by atoms with Crippen LogP contribution in [0.15, 0.2) is 24.3 Å². The highest BCUT2D eigenvalue weighted by Gasteiger charge is 2.18. The molecule has 1 nitrogen and oxygen atoms in total. The van der Waals surface area contributed by atoms with Crippen LogP contribution in [0, 0.1) is 0 Å². The van der Waals surface area contributed by atoms with Crippen molar-refractivity contribution in [1.29, 1.82) is 0 Å². The molecule has 0 amide bonds. The predicted octanol–water partition coefficient (Wildman–Crippen LogP) is 2.54. The molecule has 0 aromatic heterocycles. The largest absolute Gasteiger partial charge is 0.236 e. The minimum Gasteiger partial charge on any atom is -0.236 e. The molecular formula is C11H13O. The maximum atomic E-state index is 10.8. The molecule has 0 saturated carbocycles. The lowest BCUT2D eigenvalue weighted by molar-refractivity contribution is 0.165. The second kappa shape index (κ2) is 3.28. The first-order chi connectivity index (χ1) is 5.92. The number of benzene rings is 1. The minimum atomic E-state index is 0.0526. The van der Waals surface area contributed by atoms with E-state index in [1.54, 1.807) is 0 Å². The van der Waals surface area contributed by atoms with Crippen LogP contribution in [0.4, 0.5) is 0 Å². The molecule has 0 spiro atoms. The van der Waals surface area contributed by atoms with Crippen LogP contribution >= 0.6 is 0 Å². The topological polar surface area (TPSA) is 19.9 Å². The molecule has 0 bridgehead atoms. The predicted molar refractivity (Wildman–Crippen MR) is 47.7 cm³/mol. The highest BCUT2D eigenvalue weighted by atomic mass is 16.3. The van der Waals surface area contributed by atoms with Gasteiger partial charge in [-0.15, -0.1) is 0 Å². The molecular weight excluding hydrogens is 148 g/mol. The molecule has 1 aromatic carbocycles. The number of aryl methyl sites for hydroxylation is 1. The van der Waals surface area contributed by atoms with Crippen molar-refractivity contribution in [2.75, 3.05) is 6.61 Å². The maximum Gasteiger partial charge on any atom is 0.0890 e. The molecule has 1 atom stereocenters. The molecule has 1 aliphatic carbocycles. The minimum absolute atomic E-state index is 0.0526. The maximum absolute atomic E-state index is 10.8. The number of hydrogen-bond donors (Lipinski definition) is 0. The quantitative estimate of drug-likeness (QED) is 0.603. The lowest BCUT2D eigenvalue weighted by atomic mass is 9.83. The first kappa shape index (κ1) is 7.81. The van der Waals surface area contributed by atoms with Gasteiger partial charge in [-0.2, -0.15) is 0 Å². The smallest absolute Gasteiger partial charge is 0.0890 e. The zero-order valence-corrected chi connectivity index (χ0v) is 7.12. The Morgan fingerprint density at radius 1 is 1.33 bits per heavy atom. The Morgan fingerprint density at radius 2 is 2.17 bits per heavy atom. The van der Waals surface area contributed by atoms with Gasteiger partial charge < -0.3 is 0 Å². The summed E-state index contributed by atoms with van der Waals surface area (Å²) in [6, 6.07) is 8.35. The van der Waals surface area contributed by atoms with Gasteiger partial charge in [0.25, 0.3) is 0 Å². The number of fused-ring (bicyclic) bond motifs is 1. The zero-order chi connectivity index (χ0) is 8.39. The van der Waals surface area contributed by atoms with Gasteiger partial charge in [0.2, 0.25) is 0 Å². The highest BCUT2D eigenvalue weighted by molar-refractivity contribution is 5.32. The van der Waals surface area contributed by atoms with Gasteiger partial charge >= 0.3 is 0 Å². The molecule has 0 aliphatic heterocycles. The van der Waals surface area contributed by atoms with E-state index in [9.17, 15) is 5.11 Å². The summed E-state index contributed by atoms with van der Waals surface area (Å²) in [4.78, 5) is 0. The van der Waals surface area contributed by atoms with Crippen LogP contribution in [0.1, 0.15) is 29.9 Å². The normalized spacial score (nSPS) is 21.9. The van der Waals surface area contributed by atoms with Crippen molar-refractivity contribution in [3.8, 4) is 0 Å². The summed E-state index contributed by atoms with van der Waals surface area (Å²) in [6.07, 6.45) is 3.43. The summed E-state index contributed by atoms with van der Waals surface area (Å²) < 4.78 is 0. The van der Waals surface area contributed by atoms with Crippen LogP contribution in [0.2, 0.25) is 0 Å². The molecule has 0 N–H and O–H groups in total. The SMILES string of the molecule is [O]CC1CCCc2ccccc21. The third-order valence-electron chi connectivity index (χ3n) is 2.69. The van der Waals surface area contributed by atoms with E-state index >= 15 is 0 Å². The van der Waals surface area contributed by atoms with E-state index in [4.69, 9.17) is 0 Å². The Morgan fingerprint density at radius 3 is 3.00 bits per heavy atom. The van der Waals surface area contributed by atoms with E-state index in [0.717, 1.165) is 12.8 Å². The Kier molecular flexibility index (Phi) is 2.13. The number of rotatable bonds is 1. The molecule has 0 heterocycles. The van der Waals surface area contributed by atoms with E-state index in [1.165, 1.54) is 17.5 Å². The summed E-state index contributed by atoms with van der Waals surface area (Å²) in [5.41, 5.74) is 2.70. The fourth-order valence-corrected chi connectivity index (χ4v) is 2.03. The molecule has 1 aromatic rings. The average Bonchev–Trinajstić information content (AvgIpc) is 2.17. The summed E-state index contributed by atoms with van der Waals surface area (Å²) in [5.74, 6) is 0.287. The van der Waals surface area contributed by atoms with Crippen molar-refractivity contribution in [2.24, 2.45) is 0 Å². The fourth-order valence-electron chi connectivity index (χ4n) is 2.03. The third-order valence-corrected chi connectivity index (χ3v) is 2.69. The van der Waals surface area contributed by atoms with Gasteiger partial charge in [0.05, 0.1) is 6.61 Å². The van der Waals surface area contributed by atoms with E-state index < -0.39 is 0 Å². The second-order valence-electron chi connectivity index (χ2n) is 3.45. The highest BCUT2D eigenvalue weighted by Crippen LogP contribution is 2.30. The second-order valence-corrected chi connectivity index (χ2v) is 3.45. The molecule has 63 valence electrons. The molecule has 0 saturated heterocycles. The van der Waals surface area contributed by atoms with Crippen LogP contribution in [0.5, 0.6) is 0 Å². The van der Waals surface area contributed by atoms with E-state index in [1.807, 2.05) is 6.07 Å². The van der Waals surface area contributed by atoms with Gasteiger partial charge in [-0.25, -0.2) is 5.11 Å². The van der Waals surface area contributed by atoms with Crippen LogP contribution in [0.3, 0.4) is 0 Å². The molecule has 1 unspecified atom stereocenters. The van der Waals surface area contributed by atoms with Crippen LogP contribution in [0.25, 0.3) is 0 Å². The molecule has 1 aliphatic rings. The third kappa shape index (κ3) is 1.25. The molecule has 1 heteroatoms. The van der Waals surface area contributed by atoms with Crippen LogP contribution < -0.4 is 0 Å². The summed E-state index contributed by atoms with van der Waals surface area (Å²) in [6.45, 7) is 0.0526. The van der Waals surface area contributed by atoms with E-state index in [0.29, 0.717) is 0 Å². The fraction of sp³-hybridized carbons (Fsp3) is 0.455. The number of hydrogen-bond acceptors (Lipinski definition) is 0. The van der Waals surface area contributed by atoms with Crippen molar-refractivity contribution in [3.63, 3.8) is 0 Å². The molecule has 0 fully saturated rings. The Bertz CT molecular complexity index is 267. The zero-order valence-electron chi connectivity index (χ0n) is 7.12. The first-order valence-electron chi connectivity index (χ1n) is 4.57. The molecule has 2 rings (SSSR count). The van der Waals surface area contributed by atoms with Crippen molar-refractivity contribution < 1.29 is 5.11 Å². The van der Waals surface area contributed by atoms with Crippen LogP contribution in [-0.4, -0.2) is 6.61 Å². The molecule has 12 heavy (non-hydrogen) atoms. The van der Waals surface area contributed by atoms with Gasteiger partial charge in [-0.3, -0.25) is 0 Å². The Balaban J connectivity index is 2.37. The van der Waals surface area contributed by atoms with Crippen molar-refractivity contribution in [1.82, 2.24) is 0 Å². The lowest BCUT2D eigenvalue weighted by Crippen LogP contribution is -2.11. The van der Waals surface area contributed by atoms with Gasteiger partial charge in [0.15, 0.2) is 0 Å². The standard InChI is InChI=1S/C11H13O/c12-8-10-6-3-5-9-4-1-2-7-11(9)10/h1-2,4,7,10H,3,5-6,8H2. The van der Waals surface area contributed by atoms with Crippen molar-refractivity contribution in [2.45, 2.75) is 25.2 Å². The van der Waals surface area contributed by atoms with E-state index in [2.05, 4.69) is 18.2 Å². The molecule has 1 radical (unpaired) electrons.